The first-order valence-electron chi connectivity index (χ1n) is 12.0. The fraction of sp³-hybridized carbons (Fsp3) is 0.269. The number of esters is 1. The van der Waals surface area contributed by atoms with Crippen LogP contribution in [0.25, 0.3) is 10.3 Å². The second-order valence-electron chi connectivity index (χ2n) is 8.70. The molecule has 1 unspecified atom stereocenters. The summed E-state index contributed by atoms with van der Waals surface area (Å²) in [5.74, 6) is 0.918. The van der Waals surface area contributed by atoms with Gasteiger partial charge in [0, 0.05) is 36.4 Å². The Hall–Kier alpha value is -4.65. The first-order chi connectivity index (χ1) is 18.9. The van der Waals surface area contributed by atoms with Gasteiger partial charge in [-0.05, 0) is 36.8 Å². The Bertz CT molecular complexity index is 1540. The molecule has 0 aliphatic carbocycles. The van der Waals surface area contributed by atoms with Crippen LogP contribution < -0.4 is 25.0 Å². The van der Waals surface area contributed by atoms with E-state index in [0.717, 1.165) is 10.5 Å². The van der Waals surface area contributed by atoms with E-state index >= 15 is 0 Å². The van der Waals surface area contributed by atoms with Crippen molar-refractivity contribution in [2.24, 2.45) is 0 Å². The van der Waals surface area contributed by atoms with Crippen LogP contribution in [0.1, 0.15) is 27.1 Å². The SMILES string of the molecule is COC(=O)c1ccc(C(=O)NC2CCN(c3nc(Nc4ccc(OC)c(OC)c4)c4ncsc4n3)C2)cc1O. The van der Waals surface area contributed by atoms with E-state index in [1.54, 1.807) is 25.8 Å². The van der Waals surface area contributed by atoms with Crippen molar-refractivity contribution in [3.63, 3.8) is 0 Å². The number of benzene rings is 2. The summed E-state index contributed by atoms with van der Waals surface area (Å²) in [6, 6.07) is 9.40. The molecule has 12 nitrogen and oxygen atoms in total. The molecule has 3 heterocycles. The van der Waals surface area contributed by atoms with Crippen LogP contribution in [-0.4, -0.2) is 72.4 Å². The molecule has 1 amide bonds. The highest BCUT2D eigenvalue weighted by atomic mass is 32.1. The Morgan fingerprint density at radius 1 is 1.08 bits per heavy atom. The van der Waals surface area contributed by atoms with Crippen molar-refractivity contribution >= 4 is 51.0 Å². The van der Waals surface area contributed by atoms with Crippen LogP contribution in [0, 0.1) is 0 Å². The highest BCUT2D eigenvalue weighted by molar-refractivity contribution is 7.16. The predicted molar refractivity (Wildman–Crippen MR) is 146 cm³/mol. The number of rotatable bonds is 8. The highest BCUT2D eigenvalue weighted by Gasteiger charge is 2.27. The summed E-state index contributed by atoms with van der Waals surface area (Å²) in [5.41, 5.74) is 3.35. The van der Waals surface area contributed by atoms with Gasteiger partial charge in [0.25, 0.3) is 5.91 Å². The van der Waals surface area contributed by atoms with Crippen LogP contribution in [0.3, 0.4) is 0 Å². The zero-order chi connectivity index (χ0) is 27.5. The number of nitrogens with one attached hydrogen (secondary N) is 2. The lowest BCUT2D eigenvalue weighted by atomic mass is 10.1. The Labute approximate surface area is 227 Å². The number of phenols is 1. The molecule has 5 rings (SSSR count). The smallest absolute Gasteiger partial charge is 0.341 e. The molecule has 0 bridgehead atoms. The van der Waals surface area contributed by atoms with Crippen molar-refractivity contribution < 1.29 is 28.9 Å². The van der Waals surface area contributed by atoms with Gasteiger partial charge in [0.1, 0.15) is 16.8 Å². The topological polar surface area (TPSA) is 148 Å². The number of ether oxygens (including phenoxy) is 3. The first kappa shape index (κ1) is 26.0. The van der Waals surface area contributed by atoms with Crippen molar-refractivity contribution in [3.05, 3.63) is 53.0 Å². The maximum absolute atomic E-state index is 12.8. The van der Waals surface area contributed by atoms with E-state index < -0.39 is 5.97 Å². The van der Waals surface area contributed by atoms with Gasteiger partial charge >= 0.3 is 5.97 Å². The van der Waals surface area contributed by atoms with Crippen LogP contribution in [0.4, 0.5) is 17.5 Å². The number of aromatic hydroxyl groups is 1. The molecule has 13 heteroatoms. The molecule has 0 radical (unpaired) electrons. The van der Waals surface area contributed by atoms with Gasteiger partial charge in [0.2, 0.25) is 5.95 Å². The Balaban J connectivity index is 1.31. The number of carbonyl (C=O) groups excluding carboxylic acids is 2. The van der Waals surface area contributed by atoms with Gasteiger partial charge in [-0.3, -0.25) is 4.79 Å². The minimum atomic E-state index is -0.677. The zero-order valence-electron chi connectivity index (χ0n) is 21.4. The number of fused-ring (bicyclic) bond motifs is 1. The van der Waals surface area contributed by atoms with Crippen LogP contribution in [0.5, 0.6) is 17.2 Å². The molecule has 39 heavy (non-hydrogen) atoms. The largest absolute Gasteiger partial charge is 0.507 e. The Morgan fingerprint density at radius 3 is 2.64 bits per heavy atom. The van der Waals surface area contributed by atoms with Crippen molar-refractivity contribution in [2.75, 3.05) is 44.6 Å². The average molecular weight is 551 g/mol. The summed E-state index contributed by atoms with van der Waals surface area (Å²) in [6.45, 7) is 1.13. The van der Waals surface area contributed by atoms with E-state index in [4.69, 9.17) is 19.4 Å². The summed E-state index contributed by atoms with van der Waals surface area (Å²) in [7, 11) is 4.38. The monoisotopic (exact) mass is 550 g/mol. The van der Waals surface area contributed by atoms with E-state index in [1.165, 1.54) is 36.6 Å². The molecule has 1 saturated heterocycles. The molecular weight excluding hydrogens is 524 g/mol. The number of phenolic OH excluding ortho intramolecular Hbond substituents is 1. The maximum atomic E-state index is 12.8. The number of anilines is 3. The highest BCUT2D eigenvalue weighted by Crippen LogP contribution is 2.33. The van der Waals surface area contributed by atoms with Gasteiger partial charge in [0.05, 0.1) is 26.8 Å². The number of hydrogen-bond donors (Lipinski definition) is 3. The molecule has 1 atom stereocenters. The number of thiazole rings is 1. The van der Waals surface area contributed by atoms with Crippen LogP contribution in [0.15, 0.2) is 41.9 Å². The molecular formula is C26H26N6O6S. The minimum Gasteiger partial charge on any atom is -0.507 e. The molecule has 1 aliphatic heterocycles. The van der Waals surface area contributed by atoms with Gasteiger partial charge in [-0.2, -0.15) is 9.97 Å². The molecule has 1 aliphatic rings. The third kappa shape index (κ3) is 5.34. The summed E-state index contributed by atoms with van der Waals surface area (Å²) in [5, 5.41) is 16.4. The summed E-state index contributed by atoms with van der Waals surface area (Å²) in [6.07, 6.45) is 0.681. The maximum Gasteiger partial charge on any atom is 0.341 e. The molecule has 4 aromatic rings. The minimum absolute atomic E-state index is 0.00537. The summed E-state index contributed by atoms with van der Waals surface area (Å²) < 4.78 is 15.4. The number of methoxy groups -OCH3 is 3. The number of nitrogens with zero attached hydrogens (tertiary/aromatic N) is 4. The number of aromatic nitrogens is 3. The molecule has 202 valence electrons. The average Bonchev–Trinajstić information content (AvgIpc) is 3.62. The predicted octanol–water partition coefficient (Wildman–Crippen LogP) is 3.35. The van der Waals surface area contributed by atoms with Crippen LogP contribution in [0.2, 0.25) is 0 Å². The fourth-order valence-electron chi connectivity index (χ4n) is 4.31. The van der Waals surface area contributed by atoms with Gasteiger partial charge in [0.15, 0.2) is 22.1 Å². The zero-order valence-corrected chi connectivity index (χ0v) is 22.2. The normalized spacial score (nSPS) is 14.7. The lowest BCUT2D eigenvalue weighted by molar-refractivity contribution is 0.0597. The van der Waals surface area contributed by atoms with E-state index in [1.807, 2.05) is 17.0 Å². The van der Waals surface area contributed by atoms with Crippen molar-refractivity contribution in [1.82, 2.24) is 20.3 Å². The summed E-state index contributed by atoms with van der Waals surface area (Å²) in [4.78, 5) is 41.1. The first-order valence-corrected chi connectivity index (χ1v) is 12.9. The van der Waals surface area contributed by atoms with Crippen LogP contribution >= 0.6 is 11.3 Å². The third-order valence-corrected chi connectivity index (χ3v) is 7.02. The van der Waals surface area contributed by atoms with E-state index in [0.29, 0.717) is 48.3 Å². The van der Waals surface area contributed by atoms with Gasteiger partial charge < -0.3 is 34.9 Å². The molecule has 2 aromatic carbocycles. The molecule has 3 N–H and O–H groups in total. The van der Waals surface area contributed by atoms with E-state index in [-0.39, 0.29) is 28.8 Å². The lowest BCUT2D eigenvalue weighted by Gasteiger charge is -2.18. The van der Waals surface area contributed by atoms with Crippen molar-refractivity contribution in [1.29, 1.82) is 0 Å². The third-order valence-electron chi connectivity index (χ3n) is 6.30. The number of amides is 1. The molecule has 0 spiro atoms. The van der Waals surface area contributed by atoms with Crippen molar-refractivity contribution in [2.45, 2.75) is 12.5 Å². The van der Waals surface area contributed by atoms with E-state index in [2.05, 4.69) is 20.4 Å². The Kier molecular flexibility index (Phi) is 7.32. The number of hydrogen-bond acceptors (Lipinski definition) is 12. The fourth-order valence-corrected chi connectivity index (χ4v) is 4.97. The lowest BCUT2D eigenvalue weighted by Crippen LogP contribution is -2.37. The molecule has 2 aromatic heterocycles. The number of carbonyl (C=O) groups is 2. The van der Waals surface area contributed by atoms with Crippen LogP contribution in [-0.2, 0) is 4.74 Å². The molecule has 1 fully saturated rings. The van der Waals surface area contributed by atoms with Gasteiger partial charge in [-0.25, -0.2) is 9.78 Å². The quantitative estimate of drug-likeness (QED) is 0.277. The van der Waals surface area contributed by atoms with Gasteiger partial charge in [-0.1, -0.05) is 0 Å². The standard InChI is InChI=1S/C26H26N6O6S/c1-36-19-7-5-15(11-20(19)37-2)28-22-21-24(39-13-27-21)31-26(30-22)32-9-8-16(12-32)29-23(34)14-4-6-17(18(33)10-14)25(35)38-3/h4-7,10-11,13,16,33H,8-9,12H2,1-3H3,(H,29,34)(H,28,30,31). The molecule has 0 saturated carbocycles. The van der Waals surface area contributed by atoms with E-state index in [9.17, 15) is 14.7 Å². The second-order valence-corrected chi connectivity index (χ2v) is 9.53. The Morgan fingerprint density at radius 2 is 1.90 bits per heavy atom. The second kappa shape index (κ2) is 11.0. The summed E-state index contributed by atoms with van der Waals surface area (Å²) >= 11 is 1.41. The van der Waals surface area contributed by atoms with Gasteiger partial charge in [-0.15, -0.1) is 11.3 Å². The van der Waals surface area contributed by atoms with Crippen molar-refractivity contribution in [3.8, 4) is 17.2 Å².